The average Bonchev–Trinajstić information content (AvgIpc) is 2.72. The van der Waals surface area contributed by atoms with Crippen LogP contribution in [0.5, 0.6) is 0 Å². The van der Waals surface area contributed by atoms with Crippen LogP contribution in [-0.4, -0.2) is 16.9 Å². The van der Waals surface area contributed by atoms with Gasteiger partial charge in [0.15, 0.2) is 0 Å². The number of benzene rings is 1. The van der Waals surface area contributed by atoms with Crippen LogP contribution in [-0.2, 0) is 0 Å². The normalized spacial score (nSPS) is 10.2. The number of hydrogen-bond acceptors (Lipinski definition) is 2. The number of nitrogens with one attached hydrogen (secondary N) is 2. The lowest BCUT2D eigenvalue weighted by atomic mass is 10.1. The van der Waals surface area contributed by atoms with Crippen LogP contribution < -0.4 is 16.8 Å². The van der Waals surface area contributed by atoms with Gasteiger partial charge in [0.1, 0.15) is 11.6 Å². The number of carbonyl (C=O) groups is 2. The highest BCUT2D eigenvalue weighted by molar-refractivity contribution is 6.02. The number of carbonyl (C=O) groups excluding carboxylic acids is 2. The van der Waals surface area contributed by atoms with E-state index in [4.69, 9.17) is 11.5 Å². The van der Waals surface area contributed by atoms with E-state index in [1.54, 1.807) is 12.1 Å². The molecule has 1 aromatic carbocycles. The molecule has 2 rings (SSSR count). The highest BCUT2D eigenvalue weighted by Gasteiger charge is 2.16. The molecule has 0 saturated heterocycles. The molecule has 98 valence electrons. The lowest BCUT2D eigenvalue weighted by molar-refractivity contribution is 0.100. The van der Waals surface area contributed by atoms with Crippen molar-refractivity contribution in [3.8, 4) is 11.3 Å². The zero-order valence-corrected chi connectivity index (χ0v) is 9.74. The summed E-state index contributed by atoms with van der Waals surface area (Å²) in [6.07, 6.45) is 0. The van der Waals surface area contributed by atoms with Crippen molar-refractivity contribution in [2.75, 3.05) is 5.32 Å². The number of aromatic amines is 1. The number of primary amides is 2. The largest absolute Gasteiger partial charge is 0.365 e. The summed E-state index contributed by atoms with van der Waals surface area (Å²) in [5.74, 6) is -1.19. The van der Waals surface area contributed by atoms with E-state index in [1.165, 1.54) is 18.2 Å². The molecule has 0 aliphatic carbocycles. The summed E-state index contributed by atoms with van der Waals surface area (Å²) in [6, 6.07) is 6.49. The molecule has 0 bridgehead atoms. The molecule has 19 heavy (non-hydrogen) atoms. The fourth-order valence-corrected chi connectivity index (χ4v) is 1.70. The Kier molecular flexibility index (Phi) is 3.19. The number of hydrogen-bond donors (Lipinski definition) is 4. The third-order valence-electron chi connectivity index (χ3n) is 2.50. The van der Waals surface area contributed by atoms with Gasteiger partial charge in [0.05, 0.1) is 11.3 Å². The van der Waals surface area contributed by atoms with Crippen LogP contribution in [0, 0.1) is 5.82 Å². The maximum atomic E-state index is 13.6. The molecular formula is C12H11FN4O2. The first-order valence-corrected chi connectivity index (χ1v) is 5.33. The molecule has 3 amide bonds. The molecule has 0 atom stereocenters. The van der Waals surface area contributed by atoms with E-state index in [1.807, 2.05) is 0 Å². The van der Waals surface area contributed by atoms with E-state index in [2.05, 4.69) is 10.3 Å². The predicted molar refractivity (Wildman–Crippen MR) is 67.9 cm³/mol. The summed E-state index contributed by atoms with van der Waals surface area (Å²) >= 11 is 0. The second kappa shape index (κ2) is 4.81. The monoisotopic (exact) mass is 262 g/mol. The topological polar surface area (TPSA) is 114 Å². The van der Waals surface area contributed by atoms with Crippen LogP contribution in [0.15, 0.2) is 30.3 Å². The molecule has 0 saturated carbocycles. The van der Waals surface area contributed by atoms with Gasteiger partial charge in [0.25, 0.3) is 5.91 Å². The standard InChI is InChI=1S/C12H11FN4O2/c13-8-4-2-1-3-6(8)9-5-7(10(14)18)11(16-9)17-12(15)19/h1-5,16H,(H2,14,18)(H3,15,17,19). The van der Waals surface area contributed by atoms with E-state index in [-0.39, 0.29) is 16.9 Å². The zero-order valence-electron chi connectivity index (χ0n) is 9.74. The number of rotatable bonds is 3. The van der Waals surface area contributed by atoms with Gasteiger partial charge in [-0.2, -0.15) is 0 Å². The van der Waals surface area contributed by atoms with Gasteiger partial charge in [-0.1, -0.05) is 12.1 Å². The van der Waals surface area contributed by atoms with E-state index >= 15 is 0 Å². The zero-order chi connectivity index (χ0) is 14.0. The molecule has 0 aliphatic rings. The molecule has 2 aromatic rings. The number of anilines is 1. The molecule has 0 unspecified atom stereocenters. The highest BCUT2D eigenvalue weighted by Crippen LogP contribution is 2.26. The van der Waals surface area contributed by atoms with Crippen LogP contribution in [0.2, 0.25) is 0 Å². The number of urea groups is 1. The highest BCUT2D eigenvalue weighted by atomic mass is 19.1. The molecule has 0 radical (unpaired) electrons. The van der Waals surface area contributed by atoms with Crippen LogP contribution in [0.25, 0.3) is 11.3 Å². The van der Waals surface area contributed by atoms with Crippen molar-refractivity contribution in [1.29, 1.82) is 0 Å². The first-order valence-electron chi connectivity index (χ1n) is 5.33. The van der Waals surface area contributed by atoms with Gasteiger partial charge < -0.3 is 16.5 Å². The Hall–Kier alpha value is -2.83. The second-order valence-corrected chi connectivity index (χ2v) is 3.81. The number of aromatic nitrogens is 1. The van der Waals surface area contributed by atoms with Gasteiger partial charge in [-0.3, -0.25) is 10.1 Å². The van der Waals surface area contributed by atoms with Gasteiger partial charge in [-0.25, -0.2) is 9.18 Å². The van der Waals surface area contributed by atoms with Gasteiger partial charge in [0, 0.05) is 5.56 Å². The molecule has 0 fully saturated rings. The van der Waals surface area contributed by atoms with E-state index in [9.17, 15) is 14.0 Å². The summed E-state index contributed by atoms with van der Waals surface area (Å²) in [5, 5.41) is 2.22. The van der Waals surface area contributed by atoms with Crippen LogP contribution in [0.4, 0.5) is 15.0 Å². The minimum atomic E-state index is -0.857. The Morgan fingerprint density at radius 1 is 1.21 bits per heavy atom. The average molecular weight is 262 g/mol. The van der Waals surface area contributed by atoms with Crippen LogP contribution in [0.3, 0.4) is 0 Å². The number of H-pyrrole nitrogens is 1. The number of amides is 3. The van der Waals surface area contributed by atoms with Crippen LogP contribution >= 0.6 is 0 Å². The maximum Gasteiger partial charge on any atom is 0.317 e. The van der Waals surface area contributed by atoms with Crippen molar-refractivity contribution in [2.45, 2.75) is 0 Å². The van der Waals surface area contributed by atoms with Crippen molar-refractivity contribution in [3.05, 3.63) is 41.7 Å². The smallest absolute Gasteiger partial charge is 0.317 e. The quantitative estimate of drug-likeness (QED) is 0.669. The van der Waals surface area contributed by atoms with Crippen molar-refractivity contribution in [1.82, 2.24) is 4.98 Å². The molecule has 6 nitrogen and oxygen atoms in total. The minimum absolute atomic E-state index is 0.0250. The third kappa shape index (κ3) is 2.54. The van der Waals surface area contributed by atoms with Crippen molar-refractivity contribution >= 4 is 17.8 Å². The molecule has 6 N–H and O–H groups in total. The van der Waals surface area contributed by atoms with Crippen molar-refractivity contribution in [3.63, 3.8) is 0 Å². The lowest BCUT2D eigenvalue weighted by Crippen LogP contribution is -2.22. The van der Waals surface area contributed by atoms with Crippen LogP contribution in [0.1, 0.15) is 10.4 Å². The predicted octanol–water partition coefficient (Wildman–Crippen LogP) is 1.41. The van der Waals surface area contributed by atoms with Gasteiger partial charge in [-0.15, -0.1) is 0 Å². The molecule has 1 heterocycles. The Labute approximate surface area is 107 Å². The summed E-state index contributed by atoms with van der Waals surface area (Å²) in [4.78, 5) is 24.8. The third-order valence-corrected chi connectivity index (χ3v) is 2.50. The molecular weight excluding hydrogens is 251 g/mol. The van der Waals surface area contributed by atoms with E-state index in [0.29, 0.717) is 5.69 Å². The Bertz CT molecular complexity index is 651. The minimum Gasteiger partial charge on any atom is -0.365 e. The Morgan fingerprint density at radius 2 is 1.89 bits per heavy atom. The fourth-order valence-electron chi connectivity index (χ4n) is 1.70. The second-order valence-electron chi connectivity index (χ2n) is 3.81. The SMILES string of the molecule is NC(=O)Nc1[nH]c(-c2ccccc2F)cc1C(N)=O. The summed E-state index contributed by atoms with van der Waals surface area (Å²) < 4.78 is 13.6. The lowest BCUT2D eigenvalue weighted by Gasteiger charge is -2.01. The first-order chi connectivity index (χ1) is 8.99. The Balaban J connectivity index is 2.52. The molecule has 0 aliphatic heterocycles. The van der Waals surface area contributed by atoms with E-state index < -0.39 is 17.8 Å². The van der Waals surface area contributed by atoms with Gasteiger partial charge >= 0.3 is 6.03 Å². The van der Waals surface area contributed by atoms with Gasteiger partial charge in [-0.05, 0) is 18.2 Å². The van der Waals surface area contributed by atoms with Crippen molar-refractivity contribution in [2.24, 2.45) is 11.5 Å². The van der Waals surface area contributed by atoms with E-state index in [0.717, 1.165) is 0 Å². The maximum absolute atomic E-state index is 13.6. The molecule has 7 heteroatoms. The number of halogens is 1. The first kappa shape index (κ1) is 12.6. The van der Waals surface area contributed by atoms with Crippen molar-refractivity contribution < 1.29 is 14.0 Å². The number of nitrogens with two attached hydrogens (primary N) is 2. The van der Waals surface area contributed by atoms with Gasteiger partial charge in [0.2, 0.25) is 0 Å². The molecule has 0 spiro atoms. The molecule has 1 aromatic heterocycles. The summed E-state index contributed by atoms with van der Waals surface area (Å²) in [7, 11) is 0. The Morgan fingerprint density at radius 3 is 2.47 bits per heavy atom. The summed E-state index contributed by atoms with van der Waals surface area (Å²) in [5.41, 5.74) is 10.7. The fraction of sp³-hybridized carbons (Fsp3) is 0. The summed E-state index contributed by atoms with van der Waals surface area (Å²) in [6.45, 7) is 0.